The molecule has 0 aromatic heterocycles. The van der Waals surface area contributed by atoms with Gasteiger partial charge in [0.25, 0.3) is 0 Å². The zero-order valence-corrected chi connectivity index (χ0v) is 5.46. The largest absolute Gasteiger partial charge is 0.291 e. The topological polar surface area (TPSA) is 32.3 Å². The molecule has 1 atom stereocenters. The van der Waals surface area contributed by atoms with Gasteiger partial charge in [-0.15, -0.1) is 0 Å². The van der Waals surface area contributed by atoms with Crippen LogP contribution in [0.5, 0.6) is 0 Å². The second-order valence-corrected chi connectivity index (χ2v) is 2.34. The first kappa shape index (κ1) is 6.36. The Balaban J connectivity index is 2.52. The van der Waals surface area contributed by atoms with Crippen molar-refractivity contribution in [1.29, 1.82) is 0 Å². The molecule has 1 unspecified atom stereocenters. The van der Waals surface area contributed by atoms with Crippen LogP contribution in [0.4, 0.5) is 0 Å². The quantitative estimate of drug-likeness (QED) is 0.520. The van der Waals surface area contributed by atoms with Crippen LogP contribution in [0.25, 0.3) is 0 Å². The Labute approximate surface area is 54.8 Å². The molecule has 9 heavy (non-hydrogen) atoms. The van der Waals surface area contributed by atoms with E-state index in [0.29, 0.717) is 5.92 Å². The molecule has 2 nitrogen and oxygen atoms in total. The first-order valence-electron chi connectivity index (χ1n) is 3.11. The molecule has 0 heterocycles. The highest BCUT2D eigenvalue weighted by atomic mass is 16.5. The smallest absolute Gasteiger partial charge is 0.0559 e. The van der Waals surface area contributed by atoms with Crippen molar-refractivity contribution in [2.75, 3.05) is 0 Å². The molecule has 1 aliphatic carbocycles. The average Bonchev–Trinajstić information content (AvgIpc) is 1.90. The van der Waals surface area contributed by atoms with Gasteiger partial charge in [0.15, 0.2) is 0 Å². The summed E-state index contributed by atoms with van der Waals surface area (Å²) in [6, 6.07) is 0. The Kier molecular flexibility index (Phi) is 1.90. The Morgan fingerprint density at radius 3 is 3.00 bits per heavy atom. The molecule has 0 fully saturated rings. The minimum absolute atomic E-state index is 0.613. The fraction of sp³-hybridized carbons (Fsp3) is 0.429. The third-order valence-corrected chi connectivity index (χ3v) is 1.44. The molecule has 0 spiro atoms. The molecule has 0 bridgehead atoms. The first-order valence-corrected chi connectivity index (χ1v) is 3.11. The van der Waals surface area contributed by atoms with Gasteiger partial charge in [-0.2, -0.15) is 0 Å². The molecule has 1 rings (SSSR count). The van der Waals surface area contributed by atoms with Crippen LogP contribution >= 0.6 is 0 Å². The molecule has 0 radical (unpaired) electrons. The Morgan fingerprint density at radius 1 is 1.78 bits per heavy atom. The third-order valence-electron chi connectivity index (χ3n) is 1.44. The zero-order valence-electron chi connectivity index (χ0n) is 5.46. The summed E-state index contributed by atoms with van der Waals surface area (Å²) in [6.45, 7) is 2.14. The van der Waals surface area contributed by atoms with Crippen LogP contribution in [0.1, 0.15) is 13.3 Å². The zero-order chi connectivity index (χ0) is 6.69. The molecule has 0 aromatic rings. The van der Waals surface area contributed by atoms with Gasteiger partial charge in [-0.05, 0) is 18.4 Å². The van der Waals surface area contributed by atoms with Crippen molar-refractivity contribution in [1.82, 2.24) is 5.48 Å². The lowest BCUT2D eigenvalue weighted by molar-refractivity contribution is 0.203. The van der Waals surface area contributed by atoms with Crippen molar-refractivity contribution in [2.24, 2.45) is 5.92 Å². The standard InChI is InChI=1S/C7H11NO/c1-6-2-4-7(8-9)5-3-6/h2,4-6,8-9H,3H2,1H3. The van der Waals surface area contributed by atoms with E-state index >= 15 is 0 Å². The fourth-order valence-corrected chi connectivity index (χ4v) is 0.810. The number of rotatable bonds is 1. The van der Waals surface area contributed by atoms with Gasteiger partial charge in [0.05, 0.1) is 5.70 Å². The van der Waals surface area contributed by atoms with Gasteiger partial charge < -0.3 is 0 Å². The lowest BCUT2D eigenvalue weighted by Crippen LogP contribution is -2.07. The lowest BCUT2D eigenvalue weighted by atomic mass is 10.0. The molecule has 0 aliphatic heterocycles. The maximum absolute atomic E-state index is 8.41. The highest BCUT2D eigenvalue weighted by Crippen LogP contribution is 2.12. The van der Waals surface area contributed by atoms with Crippen LogP contribution in [0.15, 0.2) is 23.9 Å². The summed E-state index contributed by atoms with van der Waals surface area (Å²) < 4.78 is 0. The van der Waals surface area contributed by atoms with Crippen molar-refractivity contribution in [3.05, 3.63) is 23.9 Å². The van der Waals surface area contributed by atoms with Crippen LogP contribution in [0.2, 0.25) is 0 Å². The molecule has 1 aliphatic rings. The van der Waals surface area contributed by atoms with Crippen LogP contribution < -0.4 is 5.48 Å². The summed E-state index contributed by atoms with van der Waals surface area (Å²) in [6.07, 6.45) is 6.94. The summed E-state index contributed by atoms with van der Waals surface area (Å²) in [5.74, 6) is 0.613. The number of hydrogen-bond donors (Lipinski definition) is 2. The van der Waals surface area contributed by atoms with Crippen molar-refractivity contribution >= 4 is 0 Å². The average molecular weight is 125 g/mol. The SMILES string of the molecule is CC1C=CC(NO)=CC1. The van der Waals surface area contributed by atoms with E-state index in [2.05, 4.69) is 18.5 Å². The molecule has 50 valence electrons. The van der Waals surface area contributed by atoms with E-state index in [-0.39, 0.29) is 0 Å². The van der Waals surface area contributed by atoms with E-state index in [9.17, 15) is 0 Å². The second kappa shape index (κ2) is 2.69. The van der Waals surface area contributed by atoms with Gasteiger partial charge in [0.2, 0.25) is 0 Å². The molecule has 2 N–H and O–H groups in total. The Morgan fingerprint density at radius 2 is 2.56 bits per heavy atom. The molecule has 0 saturated carbocycles. The molecule has 2 heteroatoms. The number of hydrogen-bond acceptors (Lipinski definition) is 2. The maximum Gasteiger partial charge on any atom is 0.0559 e. The number of hydroxylamine groups is 1. The summed E-state index contributed by atoms with van der Waals surface area (Å²) in [5, 5.41) is 8.41. The van der Waals surface area contributed by atoms with Crippen LogP contribution in [-0.2, 0) is 0 Å². The van der Waals surface area contributed by atoms with Crippen molar-refractivity contribution in [2.45, 2.75) is 13.3 Å². The van der Waals surface area contributed by atoms with E-state index in [4.69, 9.17) is 5.21 Å². The van der Waals surface area contributed by atoms with Gasteiger partial charge in [-0.25, -0.2) is 0 Å². The van der Waals surface area contributed by atoms with E-state index in [1.165, 1.54) is 0 Å². The number of allylic oxidation sites excluding steroid dienone is 3. The minimum Gasteiger partial charge on any atom is -0.291 e. The lowest BCUT2D eigenvalue weighted by Gasteiger charge is -2.09. The Hall–Kier alpha value is -0.760. The molecule has 0 saturated heterocycles. The summed E-state index contributed by atoms with van der Waals surface area (Å²) in [4.78, 5) is 0. The van der Waals surface area contributed by atoms with Crippen LogP contribution in [0.3, 0.4) is 0 Å². The highest BCUT2D eigenvalue weighted by Gasteiger charge is 2.00. The van der Waals surface area contributed by atoms with Crippen LogP contribution in [0, 0.1) is 5.92 Å². The van der Waals surface area contributed by atoms with Gasteiger partial charge in [0, 0.05) is 0 Å². The van der Waals surface area contributed by atoms with Gasteiger partial charge in [0.1, 0.15) is 0 Å². The molecular formula is C7H11NO. The summed E-state index contributed by atoms with van der Waals surface area (Å²) in [7, 11) is 0. The van der Waals surface area contributed by atoms with Crippen molar-refractivity contribution < 1.29 is 5.21 Å². The third kappa shape index (κ3) is 1.57. The predicted molar refractivity (Wildman–Crippen MR) is 35.9 cm³/mol. The highest BCUT2D eigenvalue weighted by molar-refractivity contribution is 5.20. The van der Waals surface area contributed by atoms with Gasteiger partial charge in [-0.3, -0.25) is 10.7 Å². The first-order chi connectivity index (χ1) is 4.33. The predicted octanol–water partition coefficient (Wildman–Crippen LogP) is 1.45. The summed E-state index contributed by atoms with van der Waals surface area (Å²) in [5.41, 5.74) is 2.90. The monoisotopic (exact) mass is 125 g/mol. The van der Waals surface area contributed by atoms with E-state index in [1.807, 2.05) is 12.2 Å². The maximum atomic E-state index is 8.41. The van der Waals surface area contributed by atoms with E-state index < -0.39 is 0 Å². The second-order valence-electron chi connectivity index (χ2n) is 2.34. The normalized spacial score (nSPS) is 25.6. The molecular weight excluding hydrogens is 114 g/mol. The minimum atomic E-state index is 0.613. The molecule has 0 amide bonds. The van der Waals surface area contributed by atoms with Gasteiger partial charge in [-0.1, -0.05) is 19.1 Å². The number of nitrogens with one attached hydrogen (secondary N) is 1. The van der Waals surface area contributed by atoms with Crippen molar-refractivity contribution in [3.8, 4) is 0 Å². The van der Waals surface area contributed by atoms with E-state index in [0.717, 1.165) is 12.1 Å². The van der Waals surface area contributed by atoms with E-state index in [1.54, 1.807) is 0 Å². The van der Waals surface area contributed by atoms with Crippen LogP contribution in [-0.4, -0.2) is 5.21 Å². The summed E-state index contributed by atoms with van der Waals surface area (Å²) >= 11 is 0. The molecule has 0 aromatic carbocycles. The Bertz CT molecular complexity index is 149. The van der Waals surface area contributed by atoms with Crippen molar-refractivity contribution in [3.63, 3.8) is 0 Å². The van der Waals surface area contributed by atoms with Gasteiger partial charge >= 0.3 is 0 Å². The fourth-order valence-electron chi connectivity index (χ4n) is 0.810.